The number of carbonyl (C=O) groups is 1. The molecular formula is C59H111NO18. The van der Waals surface area contributed by atoms with Crippen molar-refractivity contribution in [1.29, 1.82) is 0 Å². The smallest absolute Gasteiger partial charge is 0.220 e. The molecule has 3 fully saturated rings. The van der Waals surface area contributed by atoms with E-state index < -0.39 is 124 Å². The first-order valence-corrected chi connectivity index (χ1v) is 30.9. The van der Waals surface area contributed by atoms with Crippen LogP contribution in [-0.2, 0) is 33.2 Å². The van der Waals surface area contributed by atoms with Crippen LogP contribution in [0.15, 0.2) is 12.2 Å². The van der Waals surface area contributed by atoms with Gasteiger partial charge in [0.05, 0.1) is 38.6 Å². The summed E-state index contributed by atoms with van der Waals surface area (Å²) in [4.78, 5) is 13.3. The van der Waals surface area contributed by atoms with Crippen LogP contribution in [0, 0.1) is 0 Å². The monoisotopic (exact) mass is 1120 g/mol. The number of unbranched alkanes of at least 4 members (excludes halogenated alkanes) is 28. The molecule has 0 radical (unpaired) electrons. The average molecular weight is 1120 g/mol. The van der Waals surface area contributed by atoms with Crippen molar-refractivity contribution in [2.45, 2.75) is 330 Å². The van der Waals surface area contributed by atoms with Crippen molar-refractivity contribution in [2.75, 3.05) is 26.4 Å². The van der Waals surface area contributed by atoms with Gasteiger partial charge in [-0.1, -0.05) is 193 Å². The SMILES string of the molecule is CCCCCCC/C=C\CCCCCCCC(=O)NC(COC1OC(CO)C(OC2OC(CO)C(OC3OC(CO)C(O)C(O)C3O)C(O)C2O)C(O)C1O)C(O)CCCCCCCCCCCCCCCCCCCCC. The summed E-state index contributed by atoms with van der Waals surface area (Å²) in [5.74, 6) is -0.250. The molecule has 0 aromatic carbocycles. The van der Waals surface area contributed by atoms with Crippen LogP contribution in [0.2, 0.25) is 0 Å². The van der Waals surface area contributed by atoms with E-state index in [9.17, 15) is 61.0 Å². The number of hydrogen-bond donors (Lipinski definition) is 12. The van der Waals surface area contributed by atoms with E-state index in [2.05, 4.69) is 31.3 Å². The topological polar surface area (TPSA) is 307 Å². The predicted molar refractivity (Wildman–Crippen MR) is 296 cm³/mol. The van der Waals surface area contributed by atoms with Crippen LogP contribution >= 0.6 is 0 Å². The zero-order valence-electron chi connectivity index (χ0n) is 47.9. The summed E-state index contributed by atoms with van der Waals surface area (Å²) in [6.07, 6.45) is 15.8. The summed E-state index contributed by atoms with van der Waals surface area (Å²) >= 11 is 0. The van der Waals surface area contributed by atoms with Gasteiger partial charge in [0.1, 0.15) is 73.2 Å². The van der Waals surface area contributed by atoms with E-state index in [1.807, 2.05) is 0 Å². The molecule has 17 unspecified atom stereocenters. The van der Waals surface area contributed by atoms with Crippen molar-refractivity contribution < 1.29 is 89.4 Å². The van der Waals surface area contributed by atoms with Gasteiger partial charge in [0.2, 0.25) is 5.91 Å². The molecule has 0 aromatic heterocycles. The number of aliphatic hydroxyl groups is 11. The van der Waals surface area contributed by atoms with E-state index in [0.717, 1.165) is 64.2 Å². The standard InChI is InChI=1S/C59H111NO18/c1-3-5-7-9-11-13-15-17-19-20-21-22-23-24-26-28-30-32-34-36-43(64)42(60-47(65)37-35-33-31-29-27-25-18-16-14-12-10-8-6-4-2)41-73-57-53(71)50(68)55(45(39-62)75-57)78-59-54(72)51(69)56(46(40-63)76-59)77-58-52(70)49(67)48(66)44(38-61)74-58/h16,18,42-46,48-59,61-64,66-72H,3-15,17,19-41H2,1-2H3,(H,60,65)/b18-16-. The first-order chi connectivity index (χ1) is 37.8. The van der Waals surface area contributed by atoms with E-state index in [-0.39, 0.29) is 18.9 Å². The van der Waals surface area contributed by atoms with Gasteiger partial charge in [0.25, 0.3) is 0 Å². The Morgan fingerprint density at radius 2 is 0.808 bits per heavy atom. The van der Waals surface area contributed by atoms with Crippen molar-refractivity contribution in [3.05, 3.63) is 12.2 Å². The fourth-order valence-corrected chi connectivity index (χ4v) is 10.7. The fraction of sp³-hybridized carbons (Fsp3) is 0.949. The third kappa shape index (κ3) is 26.8. The fourth-order valence-electron chi connectivity index (χ4n) is 10.7. The number of rotatable bonds is 46. The minimum atomic E-state index is -1.97. The number of ether oxygens (including phenoxy) is 6. The Morgan fingerprint density at radius 3 is 1.24 bits per heavy atom. The third-order valence-electron chi connectivity index (χ3n) is 15.8. The van der Waals surface area contributed by atoms with Gasteiger partial charge in [-0.3, -0.25) is 4.79 Å². The molecule has 0 aliphatic carbocycles. The number of aliphatic hydroxyl groups excluding tert-OH is 11. The molecule has 3 saturated heterocycles. The molecule has 12 N–H and O–H groups in total. The molecule has 17 atom stereocenters. The van der Waals surface area contributed by atoms with Gasteiger partial charge in [-0.2, -0.15) is 0 Å². The van der Waals surface area contributed by atoms with Crippen LogP contribution < -0.4 is 5.32 Å². The number of amides is 1. The summed E-state index contributed by atoms with van der Waals surface area (Å²) in [7, 11) is 0. The van der Waals surface area contributed by atoms with Crippen LogP contribution in [0.1, 0.15) is 226 Å². The second-order valence-electron chi connectivity index (χ2n) is 22.5. The first-order valence-electron chi connectivity index (χ1n) is 30.9. The highest BCUT2D eigenvalue weighted by molar-refractivity contribution is 5.76. The van der Waals surface area contributed by atoms with Gasteiger partial charge in [-0.25, -0.2) is 0 Å². The Kier molecular flexibility index (Phi) is 39.2. The molecule has 0 saturated carbocycles. The lowest BCUT2D eigenvalue weighted by Crippen LogP contribution is -2.66. The first kappa shape index (κ1) is 70.8. The number of nitrogens with one attached hydrogen (secondary N) is 1. The molecule has 3 rings (SSSR count). The van der Waals surface area contributed by atoms with E-state index in [4.69, 9.17) is 28.4 Å². The van der Waals surface area contributed by atoms with Gasteiger partial charge in [0, 0.05) is 6.42 Å². The maximum atomic E-state index is 13.3. The Morgan fingerprint density at radius 1 is 0.449 bits per heavy atom. The van der Waals surface area contributed by atoms with Gasteiger partial charge in [-0.15, -0.1) is 0 Å². The summed E-state index contributed by atoms with van der Waals surface area (Å²) in [6, 6.07) is -0.887. The Bertz CT molecular complexity index is 1480. The summed E-state index contributed by atoms with van der Waals surface area (Å²) in [6.45, 7) is 1.78. The predicted octanol–water partition coefficient (Wildman–Crippen LogP) is 5.77. The Labute approximate surface area is 467 Å². The van der Waals surface area contributed by atoms with Crippen LogP contribution in [0.5, 0.6) is 0 Å². The highest BCUT2D eigenvalue weighted by Crippen LogP contribution is 2.33. The van der Waals surface area contributed by atoms with Crippen LogP contribution in [-0.4, -0.2) is 193 Å². The molecular weight excluding hydrogens is 1010 g/mol. The van der Waals surface area contributed by atoms with Crippen LogP contribution in [0.4, 0.5) is 0 Å². The molecule has 19 nitrogen and oxygen atoms in total. The molecule has 3 heterocycles. The Hall–Kier alpha value is -1.47. The number of carbonyl (C=O) groups excluding carboxylic acids is 1. The third-order valence-corrected chi connectivity index (χ3v) is 15.8. The zero-order valence-corrected chi connectivity index (χ0v) is 47.9. The quantitative estimate of drug-likeness (QED) is 0.0254. The average Bonchev–Trinajstić information content (AvgIpc) is 3.47. The van der Waals surface area contributed by atoms with Crippen molar-refractivity contribution in [3.8, 4) is 0 Å². The van der Waals surface area contributed by atoms with Gasteiger partial charge in [0.15, 0.2) is 18.9 Å². The highest BCUT2D eigenvalue weighted by atomic mass is 16.8. The lowest BCUT2D eigenvalue weighted by atomic mass is 9.96. The molecule has 3 aliphatic heterocycles. The highest BCUT2D eigenvalue weighted by Gasteiger charge is 2.53. The molecule has 1 amide bonds. The normalized spacial score (nSPS) is 30.5. The van der Waals surface area contributed by atoms with Gasteiger partial charge < -0.3 is 89.9 Å². The van der Waals surface area contributed by atoms with Gasteiger partial charge in [-0.05, 0) is 38.5 Å². The minimum Gasteiger partial charge on any atom is -0.394 e. The largest absolute Gasteiger partial charge is 0.394 e. The maximum absolute atomic E-state index is 13.3. The lowest BCUT2D eigenvalue weighted by Gasteiger charge is -2.48. The van der Waals surface area contributed by atoms with E-state index in [1.165, 1.54) is 128 Å². The Balaban J connectivity index is 1.49. The number of allylic oxidation sites excluding steroid dienone is 2. The van der Waals surface area contributed by atoms with E-state index in [1.54, 1.807) is 0 Å². The van der Waals surface area contributed by atoms with Crippen molar-refractivity contribution in [2.24, 2.45) is 0 Å². The van der Waals surface area contributed by atoms with Crippen LogP contribution in [0.3, 0.4) is 0 Å². The van der Waals surface area contributed by atoms with Gasteiger partial charge >= 0.3 is 0 Å². The van der Waals surface area contributed by atoms with E-state index in [0.29, 0.717) is 12.8 Å². The summed E-state index contributed by atoms with van der Waals surface area (Å²) in [5.41, 5.74) is 0. The molecule has 3 aliphatic rings. The summed E-state index contributed by atoms with van der Waals surface area (Å²) < 4.78 is 34.3. The van der Waals surface area contributed by atoms with E-state index >= 15 is 0 Å². The second-order valence-corrected chi connectivity index (χ2v) is 22.5. The number of hydrogen-bond acceptors (Lipinski definition) is 18. The molecule has 0 spiro atoms. The van der Waals surface area contributed by atoms with Crippen molar-refractivity contribution in [3.63, 3.8) is 0 Å². The minimum absolute atomic E-state index is 0.250. The molecule has 0 aromatic rings. The van der Waals surface area contributed by atoms with Crippen LogP contribution in [0.25, 0.3) is 0 Å². The summed E-state index contributed by atoms with van der Waals surface area (Å²) in [5, 5.41) is 120. The second kappa shape index (κ2) is 43.2. The lowest BCUT2D eigenvalue weighted by molar-refractivity contribution is -0.379. The molecule has 19 heteroatoms. The van der Waals surface area contributed by atoms with Crippen molar-refractivity contribution >= 4 is 5.91 Å². The molecule has 0 bridgehead atoms. The van der Waals surface area contributed by atoms with Crippen molar-refractivity contribution in [1.82, 2.24) is 5.32 Å². The maximum Gasteiger partial charge on any atom is 0.220 e. The zero-order chi connectivity index (χ0) is 56.9. The molecule has 78 heavy (non-hydrogen) atoms. The molecule has 460 valence electrons.